The Balaban J connectivity index is 1.59. The highest BCUT2D eigenvalue weighted by molar-refractivity contribution is 8.00. The molecular weight excluding hydrogens is 432 g/mol. The zero-order chi connectivity index (χ0) is 22.1. The highest BCUT2D eigenvalue weighted by Gasteiger charge is 2.19. The molecule has 1 heterocycles. The molecule has 7 nitrogen and oxygen atoms in total. The summed E-state index contributed by atoms with van der Waals surface area (Å²) in [5.74, 6) is 0.534. The zero-order valence-electron chi connectivity index (χ0n) is 17.0. The molecule has 0 fully saturated rings. The number of aromatic nitrogens is 3. The number of amides is 1. The van der Waals surface area contributed by atoms with Crippen molar-refractivity contribution in [2.75, 3.05) is 5.32 Å². The van der Waals surface area contributed by atoms with E-state index in [0.29, 0.717) is 23.3 Å². The highest BCUT2D eigenvalue weighted by Crippen LogP contribution is 2.23. The molecule has 3 aromatic rings. The number of rotatable bonds is 10. The molecule has 0 saturated heterocycles. The van der Waals surface area contributed by atoms with E-state index >= 15 is 0 Å². The Labute approximate surface area is 190 Å². The zero-order valence-corrected chi connectivity index (χ0v) is 18.6. The summed E-state index contributed by atoms with van der Waals surface area (Å²) in [6.07, 6.45) is 3.35. The Morgan fingerprint density at radius 3 is 2.68 bits per heavy atom. The Morgan fingerprint density at radius 2 is 1.97 bits per heavy atom. The molecule has 0 aliphatic rings. The quantitative estimate of drug-likeness (QED) is 0.206. The number of nitrogens with one attached hydrogen (secondary N) is 2. The molecule has 3 rings (SSSR count). The molecule has 2 N–H and O–H groups in total. The van der Waals surface area contributed by atoms with E-state index in [1.807, 2.05) is 47.0 Å². The smallest absolute Gasteiger partial charge is 0.253 e. The number of halogens is 1. The van der Waals surface area contributed by atoms with Gasteiger partial charge in [-0.2, -0.15) is 5.10 Å². The van der Waals surface area contributed by atoms with Crippen LogP contribution in [0.15, 0.2) is 77.5 Å². The summed E-state index contributed by atoms with van der Waals surface area (Å²) in [5.41, 5.74) is 4.39. The Kier molecular flexibility index (Phi) is 8.26. The Bertz CT molecular complexity index is 1040. The molecule has 1 amide bonds. The van der Waals surface area contributed by atoms with Gasteiger partial charge in [-0.1, -0.05) is 59.8 Å². The van der Waals surface area contributed by atoms with E-state index in [-0.39, 0.29) is 5.91 Å². The van der Waals surface area contributed by atoms with Crippen molar-refractivity contribution in [2.45, 2.75) is 30.4 Å². The van der Waals surface area contributed by atoms with Crippen LogP contribution < -0.4 is 10.7 Å². The number of hydrogen-bond acceptors (Lipinski definition) is 6. The number of benzene rings is 2. The molecule has 1 aromatic heterocycles. The molecule has 31 heavy (non-hydrogen) atoms. The van der Waals surface area contributed by atoms with Gasteiger partial charge in [0.25, 0.3) is 5.91 Å². The maximum absolute atomic E-state index is 12.4. The number of allylic oxidation sites excluding steroid dienone is 1. The van der Waals surface area contributed by atoms with Crippen molar-refractivity contribution in [1.29, 1.82) is 0 Å². The first-order valence-electron chi connectivity index (χ1n) is 9.64. The van der Waals surface area contributed by atoms with E-state index < -0.39 is 5.25 Å². The van der Waals surface area contributed by atoms with Crippen LogP contribution in [0.1, 0.15) is 18.3 Å². The average molecular weight is 455 g/mol. The number of carbonyl (C=O) groups is 1. The van der Waals surface area contributed by atoms with Gasteiger partial charge in [-0.05, 0) is 36.8 Å². The van der Waals surface area contributed by atoms with Gasteiger partial charge in [-0.25, -0.2) is 5.43 Å². The van der Waals surface area contributed by atoms with Crippen LogP contribution in [0.4, 0.5) is 5.69 Å². The maximum Gasteiger partial charge on any atom is 0.253 e. The van der Waals surface area contributed by atoms with Crippen LogP contribution in [0.25, 0.3) is 0 Å². The SMILES string of the molecule is C=CCn1c(CNc2ccccc2)nnc1S[C@@H](C)C(=O)NN=Cc1ccc(Cl)cc1. The van der Waals surface area contributed by atoms with Crippen molar-refractivity contribution in [3.63, 3.8) is 0 Å². The first-order chi connectivity index (χ1) is 15.1. The Hall–Kier alpha value is -3.10. The van der Waals surface area contributed by atoms with Crippen LogP contribution in [-0.2, 0) is 17.9 Å². The molecule has 0 radical (unpaired) electrons. The number of hydrazone groups is 1. The van der Waals surface area contributed by atoms with Crippen LogP contribution in [0.2, 0.25) is 5.02 Å². The first kappa shape index (κ1) is 22.6. The van der Waals surface area contributed by atoms with Crippen LogP contribution in [0.5, 0.6) is 0 Å². The van der Waals surface area contributed by atoms with E-state index in [2.05, 4.69) is 32.6 Å². The first-order valence-corrected chi connectivity index (χ1v) is 10.9. The lowest BCUT2D eigenvalue weighted by Crippen LogP contribution is -2.27. The third kappa shape index (κ3) is 6.70. The van der Waals surface area contributed by atoms with Gasteiger partial charge in [0.2, 0.25) is 0 Å². The van der Waals surface area contributed by atoms with Crippen molar-refractivity contribution in [2.24, 2.45) is 5.10 Å². The fourth-order valence-electron chi connectivity index (χ4n) is 2.61. The lowest BCUT2D eigenvalue weighted by molar-refractivity contribution is -0.120. The van der Waals surface area contributed by atoms with Crippen LogP contribution >= 0.6 is 23.4 Å². The van der Waals surface area contributed by atoms with Crippen molar-refractivity contribution in [3.05, 3.63) is 83.7 Å². The standard InChI is InChI=1S/C22H23ClN6OS/c1-3-13-29-20(15-24-19-7-5-4-6-8-19)26-28-22(29)31-16(2)21(30)27-25-14-17-9-11-18(23)12-10-17/h3-12,14,16,24H,1,13,15H2,2H3,(H,27,30)/t16-/m0/s1. The minimum Gasteiger partial charge on any atom is -0.378 e. The van der Waals surface area contributed by atoms with Crippen molar-refractivity contribution >= 4 is 41.2 Å². The second kappa shape index (κ2) is 11.3. The molecule has 0 bridgehead atoms. The number of anilines is 1. The number of nitrogens with zero attached hydrogens (tertiary/aromatic N) is 4. The summed E-state index contributed by atoms with van der Waals surface area (Å²) >= 11 is 7.18. The topological polar surface area (TPSA) is 84.2 Å². The van der Waals surface area contributed by atoms with Gasteiger partial charge in [0.15, 0.2) is 11.0 Å². The van der Waals surface area contributed by atoms with E-state index in [4.69, 9.17) is 11.6 Å². The van der Waals surface area contributed by atoms with Crippen LogP contribution in [-0.4, -0.2) is 32.1 Å². The molecule has 0 aliphatic heterocycles. The maximum atomic E-state index is 12.4. The van der Waals surface area contributed by atoms with E-state index in [0.717, 1.165) is 17.1 Å². The highest BCUT2D eigenvalue weighted by atomic mass is 35.5. The molecule has 0 unspecified atom stereocenters. The van der Waals surface area contributed by atoms with E-state index in [1.165, 1.54) is 11.8 Å². The number of para-hydroxylation sites is 1. The predicted molar refractivity (Wildman–Crippen MR) is 126 cm³/mol. The Morgan fingerprint density at radius 1 is 1.23 bits per heavy atom. The average Bonchev–Trinajstić information content (AvgIpc) is 3.15. The number of carbonyl (C=O) groups excluding carboxylic acids is 1. The molecule has 9 heteroatoms. The lowest BCUT2D eigenvalue weighted by atomic mass is 10.2. The van der Waals surface area contributed by atoms with Crippen LogP contribution in [0, 0.1) is 0 Å². The van der Waals surface area contributed by atoms with Gasteiger partial charge in [0.05, 0.1) is 18.0 Å². The second-order valence-corrected chi connectivity index (χ2v) is 8.31. The molecular formula is C22H23ClN6OS. The van der Waals surface area contributed by atoms with Gasteiger partial charge < -0.3 is 9.88 Å². The van der Waals surface area contributed by atoms with E-state index in [1.54, 1.807) is 31.3 Å². The fourth-order valence-corrected chi connectivity index (χ4v) is 3.61. The summed E-state index contributed by atoms with van der Waals surface area (Å²) in [4.78, 5) is 12.4. The summed E-state index contributed by atoms with van der Waals surface area (Å²) in [6, 6.07) is 17.0. The van der Waals surface area contributed by atoms with Crippen molar-refractivity contribution < 1.29 is 4.79 Å². The molecule has 2 aromatic carbocycles. The largest absolute Gasteiger partial charge is 0.378 e. The van der Waals surface area contributed by atoms with Crippen molar-refractivity contribution in [1.82, 2.24) is 20.2 Å². The van der Waals surface area contributed by atoms with Gasteiger partial charge in [-0.15, -0.1) is 16.8 Å². The van der Waals surface area contributed by atoms with Gasteiger partial charge in [0.1, 0.15) is 0 Å². The molecule has 0 aliphatic carbocycles. The van der Waals surface area contributed by atoms with E-state index in [9.17, 15) is 4.79 Å². The summed E-state index contributed by atoms with van der Waals surface area (Å²) < 4.78 is 1.94. The third-order valence-corrected chi connectivity index (χ3v) is 5.57. The molecule has 160 valence electrons. The van der Waals surface area contributed by atoms with Gasteiger partial charge in [0, 0.05) is 17.3 Å². The van der Waals surface area contributed by atoms with Gasteiger partial charge in [-0.3, -0.25) is 4.79 Å². The fraction of sp³-hybridized carbons (Fsp3) is 0.182. The normalized spacial score (nSPS) is 11.9. The molecule has 0 saturated carbocycles. The van der Waals surface area contributed by atoms with Crippen molar-refractivity contribution in [3.8, 4) is 0 Å². The second-order valence-electron chi connectivity index (χ2n) is 6.56. The predicted octanol–water partition coefficient (Wildman–Crippen LogP) is 4.36. The lowest BCUT2D eigenvalue weighted by Gasteiger charge is -2.12. The number of thioether (sulfide) groups is 1. The van der Waals surface area contributed by atoms with Gasteiger partial charge >= 0.3 is 0 Å². The monoisotopic (exact) mass is 454 g/mol. The van der Waals surface area contributed by atoms with Crippen LogP contribution in [0.3, 0.4) is 0 Å². The summed E-state index contributed by atoms with van der Waals surface area (Å²) in [6.45, 7) is 6.67. The number of hydrogen-bond donors (Lipinski definition) is 2. The summed E-state index contributed by atoms with van der Waals surface area (Å²) in [5, 5.41) is 16.8. The molecule has 1 atom stereocenters. The minimum absolute atomic E-state index is 0.229. The summed E-state index contributed by atoms with van der Waals surface area (Å²) in [7, 11) is 0. The minimum atomic E-state index is -0.412. The molecule has 0 spiro atoms. The third-order valence-electron chi connectivity index (χ3n) is 4.24.